The number of fused-ring (bicyclic) bond motifs is 1. The van der Waals surface area contributed by atoms with Crippen molar-refractivity contribution in [1.82, 2.24) is 15.0 Å². The van der Waals surface area contributed by atoms with Crippen molar-refractivity contribution >= 4 is 23.0 Å². The maximum absolute atomic E-state index is 5.68. The number of pyridine rings is 3. The maximum Gasteiger partial charge on any atom is 0.0973 e. The zero-order valence-corrected chi connectivity index (χ0v) is 14.5. The standard InChI is InChI=1S/C20H16N4S/c1-13-5-6-15(12-23-13)17-9-10-22-19-8-7-18(24-20(17)19)14-3-2-4-16(11-14)25-21/h2-12H,21H2,1H3. The van der Waals surface area contributed by atoms with Crippen LogP contribution < -0.4 is 5.14 Å². The molecule has 4 nitrogen and oxygen atoms in total. The van der Waals surface area contributed by atoms with Crippen LogP contribution in [-0.2, 0) is 0 Å². The molecule has 0 aliphatic carbocycles. The van der Waals surface area contributed by atoms with Gasteiger partial charge < -0.3 is 0 Å². The summed E-state index contributed by atoms with van der Waals surface area (Å²) in [5.74, 6) is 0. The summed E-state index contributed by atoms with van der Waals surface area (Å²) in [5.41, 5.74) is 6.74. The minimum absolute atomic E-state index is 0.867. The Morgan fingerprint density at radius 2 is 1.84 bits per heavy atom. The molecule has 1 aromatic carbocycles. The smallest absolute Gasteiger partial charge is 0.0973 e. The first-order valence-corrected chi connectivity index (χ1v) is 8.78. The van der Waals surface area contributed by atoms with E-state index in [9.17, 15) is 0 Å². The molecule has 0 saturated heterocycles. The van der Waals surface area contributed by atoms with Crippen LogP contribution in [0.1, 0.15) is 5.69 Å². The number of aromatic nitrogens is 3. The number of nitrogens with zero attached hydrogens (tertiary/aromatic N) is 3. The third kappa shape index (κ3) is 3.12. The SMILES string of the molecule is Cc1ccc(-c2ccnc3ccc(-c4cccc(SN)c4)nc23)cn1. The molecule has 0 spiro atoms. The van der Waals surface area contributed by atoms with Crippen molar-refractivity contribution in [2.75, 3.05) is 0 Å². The van der Waals surface area contributed by atoms with Crippen LogP contribution in [0.3, 0.4) is 0 Å². The Balaban J connectivity index is 1.89. The lowest BCUT2D eigenvalue weighted by molar-refractivity contribution is 1.20. The van der Waals surface area contributed by atoms with Gasteiger partial charge >= 0.3 is 0 Å². The van der Waals surface area contributed by atoms with Gasteiger partial charge in [-0.15, -0.1) is 0 Å². The number of aryl methyl sites for hydroxylation is 1. The molecule has 0 unspecified atom stereocenters. The lowest BCUT2D eigenvalue weighted by Gasteiger charge is -2.08. The zero-order valence-electron chi connectivity index (χ0n) is 13.7. The Kier molecular flexibility index (Phi) is 4.17. The van der Waals surface area contributed by atoms with E-state index in [2.05, 4.69) is 16.0 Å². The number of benzene rings is 1. The van der Waals surface area contributed by atoms with Crippen molar-refractivity contribution in [2.24, 2.45) is 5.14 Å². The van der Waals surface area contributed by atoms with Crippen LogP contribution >= 0.6 is 11.9 Å². The van der Waals surface area contributed by atoms with Gasteiger partial charge in [-0.3, -0.25) is 15.1 Å². The van der Waals surface area contributed by atoms with Crippen molar-refractivity contribution in [3.63, 3.8) is 0 Å². The summed E-state index contributed by atoms with van der Waals surface area (Å²) in [7, 11) is 0. The highest BCUT2D eigenvalue weighted by Gasteiger charge is 2.09. The Morgan fingerprint density at radius 3 is 2.64 bits per heavy atom. The Hall–Kier alpha value is -2.76. The van der Waals surface area contributed by atoms with Gasteiger partial charge in [-0.1, -0.05) is 18.2 Å². The van der Waals surface area contributed by atoms with Gasteiger partial charge in [0, 0.05) is 39.7 Å². The van der Waals surface area contributed by atoms with Gasteiger partial charge in [-0.25, -0.2) is 4.98 Å². The third-order valence-corrected chi connectivity index (χ3v) is 4.60. The highest BCUT2D eigenvalue weighted by atomic mass is 32.2. The lowest BCUT2D eigenvalue weighted by atomic mass is 10.1. The minimum Gasteiger partial charge on any atom is -0.274 e. The molecule has 0 saturated carbocycles. The summed E-state index contributed by atoms with van der Waals surface area (Å²) in [5, 5.41) is 5.68. The Labute approximate surface area is 150 Å². The fourth-order valence-electron chi connectivity index (χ4n) is 2.77. The molecule has 0 bridgehead atoms. The molecule has 4 aromatic rings. The summed E-state index contributed by atoms with van der Waals surface area (Å²) in [6.07, 6.45) is 3.69. The summed E-state index contributed by atoms with van der Waals surface area (Å²) >= 11 is 1.23. The van der Waals surface area contributed by atoms with E-state index in [1.807, 2.05) is 67.8 Å². The molecule has 3 heterocycles. The monoisotopic (exact) mass is 344 g/mol. The quantitative estimate of drug-likeness (QED) is 0.549. The predicted molar refractivity (Wildman–Crippen MR) is 103 cm³/mol. The molecule has 4 rings (SSSR count). The Bertz CT molecular complexity index is 1040. The lowest BCUT2D eigenvalue weighted by Crippen LogP contribution is -1.92. The molecular formula is C20H16N4S. The maximum atomic E-state index is 5.68. The van der Waals surface area contributed by atoms with E-state index >= 15 is 0 Å². The van der Waals surface area contributed by atoms with Gasteiger partial charge in [0.15, 0.2) is 0 Å². The van der Waals surface area contributed by atoms with E-state index in [0.717, 1.165) is 44.0 Å². The van der Waals surface area contributed by atoms with Crippen LogP contribution in [0, 0.1) is 6.92 Å². The van der Waals surface area contributed by atoms with Crippen molar-refractivity contribution in [3.05, 3.63) is 72.7 Å². The molecule has 25 heavy (non-hydrogen) atoms. The molecular weight excluding hydrogens is 328 g/mol. The topological polar surface area (TPSA) is 64.7 Å². The van der Waals surface area contributed by atoms with E-state index in [1.54, 1.807) is 0 Å². The summed E-state index contributed by atoms with van der Waals surface area (Å²) < 4.78 is 0. The van der Waals surface area contributed by atoms with Crippen LogP contribution in [0.15, 0.2) is 71.9 Å². The van der Waals surface area contributed by atoms with Gasteiger partial charge in [-0.05, 0) is 55.3 Å². The average molecular weight is 344 g/mol. The number of nitrogens with two attached hydrogens (primary N) is 1. The second-order valence-electron chi connectivity index (χ2n) is 5.76. The van der Waals surface area contributed by atoms with Crippen molar-refractivity contribution in [3.8, 4) is 22.4 Å². The van der Waals surface area contributed by atoms with Gasteiger partial charge in [-0.2, -0.15) is 0 Å². The molecule has 0 radical (unpaired) electrons. The molecule has 2 N–H and O–H groups in total. The van der Waals surface area contributed by atoms with Crippen LogP contribution in [-0.4, -0.2) is 15.0 Å². The van der Waals surface area contributed by atoms with Crippen LogP contribution in [0.2, 0.25) is 0 Å². The van der Waals surface area contributed by atoms with Gasteiger partial charge in [0.2, 0.25) is 0 Å². The molecule has 3 aromatic heterocycles. The van der Waals surface area contributed by atoms with Gasteiger partial charge in [0.05, 0.1) is 16.7 Å². The Morgan fingerprint density at radius 1 is 0.920 bits per heavy atom. The minimum atomic E-state index is 0.867. The molecule has 0 aliphatic rings. The fourth-order valence-corrected chi connectivity index (χ4v) is 3.13. The molecule has 0 atom stereocenters. The van der Waals surface area contributed by atoms with Gasteiger partial charge in [0.1, 0.15) is 0 Å². The van der Waals surface area contributed by atoms with E-state index in [-0.39, 0.29) is 0 Å². The highest BCUT2D eigenvalue weighted by Crippen LogP contribution is 2.29. The van der Waals surface area contributed by atoms with Crippen molar-refractivity contribution in [2.45, 2.75) is 11.8 Å². The first-order valence-electron chi connectivity index (χ1n) is 7.90. The van der Waals surface area contributed by atoms with E-state index in [0.29, 0.717) is 0 Å². The molecule has 0 amide bonds. The van der Waals surface area contributed by atoms with Crippen LogP contribution in [0.5, 0.6) is 0 Å². The van der Waals surface area contributed by atoms with Crippen LogP contribution in [0.25, 0.3) is 33.4 Å². The van der Waals surface area contributed by atoms with E-state index in [4.69, 9.17) is 10.1 Å². The van der Waals surface area contributed by atoms with Crippen molar-refractivity contribution < 1.29 is 0 Å². The van der Waals surface area contributed by atoms with E-state index < -0.39 is 0 Å². The summed E-state index contributed by atoms with van der Waals surface area (Å²) in [6.45, 7) is 1.98. The predicted octanol–water partition coefficient (Wildman–Crippen LogP) is 4.63. The number of hydrogen-bond acceptors (Lipinski definition) is 5. The summed E-state index contributed by atoms with van der Waals surface area (Å²) in [6, 6.07) is 18.1. The first-order chi connectivity index (χ1) is 12.2. The van der Waals surface area contributed by atoms with Crippen LogP contribution in [0.4, 0.5) is 0 Å². The van der Waals surface area contributed by atoms with Gasteiger partial charge in [0.25, 0.3) is 0 Å². The molecule has 0 aliphatic heterocycles. The first kappa shape index (κ1) is 15.7. The second kappa shape index (κ2) is 6.63. The largest absolute Gasteiger partial charge is 0.274 e. The van der Waals surface area contributed by atoms with Crippen molar-refractivity contribution in [1.29, 1.82) is 0 Å². The average Bonchev–Trinajstić information content (AvgIpc) is 2.68. The second-order valence-corrected chi connectivity index (χ2v) is 6.46. The number of hydrogen-bond donors (Lipinski definition) is 1. The molecule has 5 heteroatoms. The number of rotatable bonds is 3. The summed E-state index contributed by atoms with van der Waals surface area (Å²) in [4.78, 5) is 14.7. The zero-order chi connectivity index (χ0) is 17.2. The third-order valence-electron chi connectivity index (χ3n) is 4.07. The molecule has 0 fully saturated rings. The molecule has 122 valence electrons. The highest BCUT2D eigenvalue weighted by molar-refractivity contribution is 7.97. The van der Waals surface area contributed by atoms with E-state index in [1.165, 1.54) is 11.9 Å². The fraction of sp³-hybridized carbons (Fsp3) is 0.0500. The normalized spacial score (nSPS) is 11.0.